The molecule has 3 heterocycles. The Bertz CT molecular complexity index is 1350. The molecule has 3 aromatic rings. The first kappa shape index (κ1) is 30.1. The molecule has 226 valence electrons. The van der Waals surface area contributed by atoms with Crippen molar-refractivity contribution in [1.29, 1.82) is 0 Å². The molecule has 1 saturated heterocycles. The van der Waals surface area contributed by atoms with Gasteiger partial charge in [-0.15, -0.1) is 11.3 Å². The van der Waals surface area contributed by atoms with E-state index < -0.39 is 6.09 Å². The maximum absolute atomic E-state index is 12.3. The van der Waals surface area contributed by atoms with E-state index in [-0.39, 0.29) is 6.04 Å². The lowest BCUT2D eigenvalue weighted by Crippen LogP contribution is -2.36. The average Bonchev–Trinajstić information content (AvgIpc) is 3.77. The van der Waals surface area contributed by atoms with E-state index in [9.17, 15) is 4.79 Å². The van der Waals surface area contributed by atoms with Crippen LogP contribution in [0, 0.1) is 12.8 Å². The fraction of sp³-hybridized carbons (Fsp3) is 0.531. The molecule has 9 nitrogen and oxygen atoms in total. The van der Waals surface area contributed by atoms with Crippen LogP contribution in [0.1, 0.15) is 66.0 Å². The third-order valence-electron chi connectivity index (χ3n) is 7.67. The van der Waals surface area contributed by atoms with Crippen LogP contribution in [-0.4, -0.2) is 56.1 Å². The summed E-state index contributed by atoms with van der Waals surface area (Å²) in [5, 5.41) is 7.63. The fourth-order valence-corrected chi connectivity index (χ4v) is 6.24. The Hall–Kier alpha value is -3.37. The molecular formula is C32H43N5O4S. The fourth-order valence-electron chi connectivity index (χ4n) is 5.07. The number of thiazole rings is 1. The summed E-state index contributed by atoms with van der Waals surface area (Å²) in [6.45, 7) is 10.0. The number of anilines is 3. The normalized spacial score (nSPS) is 15.8. The summed E-state index contributed by atoms with van der Waals surface area (Å²) in [5.41, 5.74) is 4.94. The number of morpholine rings is 1. The third-order valence-corrected chi connectivity index (χ3v) is 8.95. The number of rotatable bonds is 13. The molecule has 1 unspecified atom stereocenters. The molecule has 10 heteroatoms. The molecule has 2 aromatic heterocycles. The highest BCUT2D eigenvalue weighted by atomic mass is 32.1. The first-order valence-electron chi connectivity index (χ1n) is 15.1. The maximum Gasteiger partial charge on any atom is 0.411 e. The molecule has 1 aromatic carbocycles. The van der Waals surface area contributed by atoms with Crippen LogP contribution in [0.2, 0.25) is 0 Å². The molecule has 1 aliphatic carbocycles. The van der Waals surface area contributed by atoms with Crippen molar-refractivity contribution in [3.8, 4) is 5.75 Å². The summed E-state index contributed by atoms with van der Waals surface area (Å²) in [6.07, 6.45) is 5.72. The number of aryl methyl sites for hydroxylation is 4. The van der Waals surface area contributed by atoms with Crippen LogP contribution < -0.4 is 20.3 Å². The Morgan fingerprint density at radius 2 is 1.93 bits per heavy atom. The van der Waals surface area contributed by atoms with Gasteiger partial charge < -0.3 is 24.4 Å². The molecule has 42 heavy (non-hydrogen) atoms. The second kappa shape index (κ2) is 14.2. The lowest BCUT2D eigenvalue weighted by atomic mass is 10.1. The minimum atomic E-state index is -0.441. The van der Waals surface area contributed by atoms with E-state index in [2.05, 4.69) is 48.4 Å². The number of carbonyl (C=O) groups is 1. The van der Waals surface area contributed by atoms with E-state index in [1.165, 1.54) is 9.88 Å². The molecule has 1 atom stereocenters. The van der Waals surface area contributed by atoms with Crippen molar-refractivity contribution in [2.45, 2.75) is 65.3 Å². The largest absolute Gasteiger partial charge is 0.497 e. The number of nitrogens with zero attached hydrogens (tertiary/aromatic N) is 3. The minimum Gasteiger partial charge on any atom is -0.497 e. The van der Waals surface area contributed by atoms with Crippen LogP contribution in [0.3, 0.4) is 0 Å². The second-order valence-electron chi connectivity index (χ2n) is 11.2. The molecule has 2 fully saturated rings. The Labute approximate surface area is 253 Å². The highest BCUT2D eigenvalue weighted by Crippen LogP contribution is 2.31. The summed E-state index contributed by atoms with van der Waals surface area (Å²) < 4.78 is 16.5. The number of methoxy groups -OCH3 is 1. The van der Waals surface area contributed by atoms with Crippen LogP contribution in [0.5, 0.6) is 5.75 Å². The molecule has 1 amide bonds. The monoisotopic (exact) mass is 593 g/mol. The number of benzene rings is 1. The number of carbonyl (C=O) groups excluding carboxylic acids is 1. The Kier molecular flexibility index (Phi) is 10.2. The summed E-state index contributed by atoms with van der Waals surface area (Å²) in [5.74, 6) is 1.98. The summed E-state index contributed by atoms with van der Waals surface area (Å²) in [6, 6.07) is 9.95. The first-order chi connectivity index (χ1) is 20.4. The van der Waals surface area contributed by atoms with Crippen LogP contribution in [0.4, 0.5) is 22.0 Å². The highest BCUT2D eigenvalue weighted by molar-refractivity contribution is 7.11. The predicted molar refractivity (Wildman–Crippen MR) is 168 cm³/mol. The predicted octanol–water partition coefficient (Wildman–Crippen LogP) is 6.56. The van der Waals surface area contributed by atoms with E-state index in [1.807, 2.05) is 23.5 Å². The summed E-state index contributed by atoms with van der Waals surface area (Å²) in [7, 11) is 1.63. The molecular weight excluding hydrogens is 550 g/mol. The van der Waals surface area contributed by atoms with Gasteiger partial charge in [-0.05, 0) is 69.2 Å². The van der Waals surface area contributed by atoms with Crippen LogP contribution >= 0.6 is 11.3 Å². The SMILES string of the molecule is CCCc1sc(CCc2cc(N3CCOCC3)cc(NC(C)c3cc(NC(=O)OCC4CC4)cc(OC)c3)n2)nc1C. The van der Waals surface area contributed by atoms with Crippen molar-refractivity contribution in [3.63, 3.8) is 0 Å². The Balaban J connectivity index is 1.32. The zero-order valence-corrected chi connectivity index (χ0v) is 26.0. The number of hydrogen-bond acceptors (Lipinski definition) is 9. The van der Waals surface area contributed by atoms with Gasteiger partial charge in [-0.25, -0.2) is 14.8 Å². The molecule has 2 aliphatic rings. The zero-order chi connectivity index (χ0) is 29.5. The molecule has 0 spiro atoms. The smallest absolute Gasteiger partial charge is 0.411 e. The lowest BCUT2D eigenvalue weighted by Gasteiger charge is -2.29. The molecule has 1 saturated carbocycles. The average molecular weight is 594 g/mol. The van der Waals surface area contributed by atoms with Gasteiger partial charge in [0.1, 0.15) is 11.6 Å². The van der Waals surface area contributed by atoms with Gasteiger partial charge in [0.05, 0.1) is 43.7 Å². The van der Waals surface area contributed by atoms with Crippen molar-refractivity contribution in [3.05, 3.63) is 57.2 Å². The minimum absolute atomic E-state index is 0.0957. The van der Waals surface area contributed by atoms with Gasteiger partial charge in [-0.1, -0.05) is 13.3 Å². The van der Waals surface area contributed by atoms with Gasteiger partial charge in [-0.2, -0.15) is 0 Å². The van der Waals surface area contributed by atoms with Gasteiger partial charge in [-0.3, -0.25) is 5.32 Å². The molecule has 5 rings (SSSR count). The van der Waals surface area contributed by atoms with Crippen LogP contribution in [0.25, 0.3) is 0 Å². The standard InChI is InChI=1S/C32H43N5O4S/c1-5-6-29-22(3)34-31(42-29)10-9-25-17-27(37-11-13-40-14-12-37)19-30(35-25)33-21(2)24-15-26(18-28(16-24)39-4)36-32(38)41-20-23-7-8-23/h15-19,21,23H,5-14,20H2,1-4H3,(H,33,35)(H,36,38). The van der Waals surface area contributed by atoms with Gasteiger partial charge >= 0.3 is 6.09 Å². The summed E-state index contributed by atoms with van der Waals surface area (Å²) >= 11 is 1.83. The molecule has 0 radical (unpaired) electrons. The molecule has 0 bridgehead atoms. The van der Waals surface area contributed by atoms with Crippen LogP contribution in [0.15, 0.2) is 30.3 Å². The van der Waals surface area contributed by atoms with Gasteiger partial charge in [0.15, 0.2) is 0 Å². The van der Waals surface area contributed by atoms with E-state index in [0.717, 1.165) is 93.3 Å². The van der Waals surface area contributed by atoms with Gasteiger partial charge in [0.25, 0.3) is 0 Å². The van der Waals surface area contributed by atoms with Crippen molar-refractivity contribution < 1.29 is 19.0 Å². The van der Waals surface area contributed by atoms with Gasteiger partial charge in [0, 0.05) is 53.6 Å². The molecule has 1 aliphatic heterocycles. The summed E-state index contributed by atoms with van der Waals surface area (Å²) in [4.78, 5) is 25.9. The van der Waals surface area contributed by atoms with Crippen molar-refractivity contribution in [2.24, 2.45) is 5.92 Å². The highest BCUT2D eigenvalue weighted by Gasteiger charge is 2.23. The quantitative estimate of drug-likeness (QED) is 0.230. The van der Waals surface area contributed by atoms with Crippen molar-refractivity contribution in [1.82, 2.24) is 9.97 Å². The van der Waals surface area contributed by atoms with E-state index >= 15 is 0 Å². The number of ether oxygens (including phenoxy) is 3. The van der Waals surface area contributed by atoms with Gasteiger partial charge in [0.2, 0.25) is 0 Å². The zero-order valence-electron chi connectivity index (χ0n) is 25.2. The Morgan fingerprint density at radius 1 is 1.12 bits per heavy atom. The van der Waals surface area contributed by atoms with E-state index in [0.29, 0.717) is 24.0 Å². The number of pyridine rings is 1. The topological polar surface area (TPSA) is 97.8 Å². The maximum atomic E-state index is 12.3. The second-order valence-corrected chi connectivity index (χ2v) is 12.4. The number of hydrogen-bond donors (Lipinski definition) is 2. The Morgan fingerprint density at radius 3 is 2.67 bits per heavy atom. The number of amides is 1. The third kappa shape index (κ3) is 8.35. The van der Waals surface area contributed by atoms with Crippen molar-refractivity contribution >= 4 is 34.6 Å². The number of aromatic nitrogens is 2. The number of nitrogens with one attached hydrogen (secondary N) is 2. The van der Waals surface area contributed by atoms with Crippen molar-refractivity contribution in [2.75, 3.05) is 55.6 Å². The first-order valence-corrected chi connectivity index (χ1v) is 15.9. The van der Waals surface area contributed by atoms with E-state index in [1.54, 1.807) is 13.2 Å². The van der Waals surface area contributed by atoms with Crippen LogP contribution in [-0.2, 0) is 28.7 Å². The van der Waals surface area contributed by atoms with E-state index in [4.69, 9.17) is 24.2 Å². The lowest BCUT2D eigenvalue weighted by molar-refractivity contribution is 0.122. The molecule has 2 N–H and O–H groups in total.